The summed E-state index contributed by atoms with van der Waals surface area (Å²) in [5.74, 6) is 0.904. The number of para-hydroxylation sites is 1. The third-order valence-electron chi connectivity index (χ3n) is 3.02. The Labute approximate surface area is 101 Å². The van der Waals surface area contributed by atoms with Gasteiger partial charge >= 0.3 is 0 Å². The number of thioether (sulfide) groups is 1. The number of aliphatic hydroxyl groups excluding tert-OH is 1. The van der Waals surface area contributed by atoms with Crippen molar-refractivity contribution in [3.8, 4) is 5.75 Å². The van der Waals surface area contributed by atoms with Gasteiger partial charge in [0.05, 0.1) is 6.10 Å². The molecule has 0 bridgehead atoms. The highest BCUT2D eigenvalue weighted by Crippen LogP contribution is 2.30. The number of ether oxygens (including phenoxy) is 1. The minimum atomic E-state index is -0.302. The van der Waals surface area contributed by atoms with E-state index in [1.807, 2.05) is 24.5 Å². The zero-order valence-electron chi connectivity index (χ0n) is 9.56. The van der Waals surface area contributed by atoms with E-state index in [1.54, 1.807) is 11.8 Å². The van der Waals surface area contributed by atoms with Crippen molar-refractivity contribution in [3.05, 3.63) is 24.3 Å². The summed E-state index contributed by atoms with van der Waals surface area (Å²) in [4.78, 5) is 1.14. The van der Waals surface area contributed by atoms with Crippen LogP contribution < -0.4 is 4.74 Å². The Morgan fingerprint density at radius 3 is 2.75 bits per heavy atom. The van der Waals surface area contributed by atoms with E-state index in [-0.39, 0.29) is 12.2 Å². The van der Waals surface area contributed by atoms with Crippen LogP contribution in [0.3, 0.4) is 0 Å². The highest BCUT2D eigenvalue weighted by molar-refractivity contribution is 7.98. The Balaban J connectivity index is 2.07. The molecule has 0 spiro atoms. The van der Waals surface area contributed by atoms with Crippen LogP contribution in [-0.2, 0) is 0 Å². The van der Waals surface area contributed by atoms with E-state index in [4.69, 9.17) is 4.74 Å². The molecular formula is C13H18O2S. The lowest BCUT2D eigenvalue weighted by molar-refractivity contribution is 0.00547. The summed E-state index contributed by atoms with van der Waals surface area (Å²) in [6.45, 7) is 0. The lowest BCUT2D eigenvalue weighted by Crippen LogP contribution is -2.34. The topological polar surface area (TPSA) is 29.5 Å². The second-order valence-electron chi connectivity index (χ2n) is 4.16. The van der Waals surface area contributed by atoms with Crippen molar-refractivity contribution in [1.82, 2.24) is 0 Å². The maximum Gasteiger partial charge on any atom is 0.133 e. The minimum Gasteiger partial charge on any atom is -0.487 e. The van der Waals surface area contributed by atoms with Crippen LogP contribution in [0.2, 0.25) is 0 Å². The number of rotatable bonds is 3. The molecule has 0 heterocycles. The first-order valence-electron chi connectivity index (χ1n) is 5.79. The first-order chi connectivity index (χ1) is 7.81. The molecule has 1 saturated carbocycles. The van der Waals surface area contributed by atoms with Crippen LogP contribution in [0.4, 0.5) is 0 Å². The Kier molecular flexibility index (Phi) is 4.13. The van der Waals surface area contributed by atoms with E-state index >= 15 is 0 Å². The van der Waals surface area contributed by atoms with Gasteiger partial charge in [-0.05, 0) is 37.7 Å². The van der Waals surface area contributed by atoms with Crippen LogP contribution in [0.5, 0.6) is 5.75 Å². The largest absolute Gasteiger partial charge is 0.487 e. The van der Waals surface area contributed by atoms with E-state index < -0.39 is 0 Å². The number of aliphatic hydroxyl groups is 1. The molecule has 0 radical (unpaired) electrons. The molecule has 88 valence electrons. The smallest absolute Gasteiger partial charge is 0.133 e. The monoisotopic (exact) mass is 238 g/mol. The molecule has 1 aromatic carbocycles. The molecule has 1 aliphatic carbocycles. The lowest BCUT2D eigenvalue weighted by Gasteiger charge is -2.28. The molecule has 2 nitrogen and oxygen atoms in total. The van der Waals surface area contributed by atoms with Crippen LogP contribution in [0.15, 0.2) is 29.2 Å². The maximum absolute atomic E-state index is 9.86. The third kappa shape index (κ3) is 2.71. The summed E-state index contributed by atoms with van der Waals surface area (Å²) in [5.41, 5.74) is 0. The van der Waals surface area contributed by atoms with Gasteiger partial charge in [-0.15, -0.1) is 11.8 Å². The van der Waals surface area contributed by atoms with Gasteiger partial charge < -0.3 is 9.84 Å². The molecule has 2 atom stereocenters. The van der Waals surface area contributed by atoms with E-state index in [9.17, 15) is 5.11 Å². The van der Waals surface area contributed by atoms with Gasteiger partial charge in [0, 0.05) is 4.90 Å². The van der Waals surface area contributed by atoms with Gasteiger partial charge in [-0.25, -0.2) is 0 Å². The quantitative estimate of drug-likeness (QED) is 0.821. The highest BCUT2D eigenvalue weighted by atomic mass is 32.2. The van der Waals surface area contributed by atoms with Crippen molar-refractivity contribution in [1.29, 1.82) is 0 Å². The lowest BCUT2D eigenvalue weighted by atomic mass is 9.95. The molecule has 0 aliphatic heterocycles. The fraction of sp³-hybridized carbons (Fsp3) is 0.538. The number of hydrogen-bond donors (Lipinski definition) is 1. The standard InChI is InChI=1S/C13H18O2S/c1-16-13-9-5-4-8-12(13)15-11-7-3-2-6-10(11)14/h4-5,8-11,14H,2-3,6-7H2,1H3/t10-,11-/m1/s1. The van der Waals surface area contributed by atoms with Crippen LogP contribution in [-0.4, -0.2) is 23.6 Å². The molecule has 3 heteroatoms. The van der Waals surface area contributed by atoms with E-state index in [0.717, 1.165) is 36.3 Å². The van der Waals surface area contributed by atoms with Crippen molar-refractivity contribution in [2.24, 2.45) is 0 Å². The normalized spacial score (nSPS) is 25.4. The van der Waals surface area contributed by atoms with Gasteiger partial charge in [0.25, 0.3) is 0 Å². The minimum absolute atomic E-state index is 0.0259. The van der Waals surface area contributed by atoms with E-state index in [1.165, 1.54) is 0 Å². The van der Waals surface area contributed by atoms with Gasteiger partial charge in [-0.1, -0.05) is 18.6 Å². The molecule has 0 unspecified atom stereocenters. The van der Waals surface area contributed by atoms with Crippen molar-refractivity contribution in [2.45, 2.75) is 42.8 Å². The predicted molar refractivity (Wildman–Crippen MR) is 67.1 cm³/mol. The second-order valence-corrected chi connectivity index (χ2v) is 5.01. The van der Waals surface area contributed by atoms with Gasteiger partial charge in [-0.3, -0.25) is 0 Å². The Morgan fingerprint density at radius 2 is 2.00 bits per heavy atom. The summed E-state index contributed by atoms with van der Waals surface area (Å²) in [5, 5.41) is 9.86. The van der Waals surface area contributed by atoms with Gasteiger partial charge in [0.2, 0.25) is 0 Å². The molecule has 1 N–H and O–H groups in total. The summed E-state index contributed by atoms with van der Waals surface area (Å²) in [6.07, 6.45) is 5.81. The number of benzene rings is 1. The van der Waals surface area contributed by atoms with Crippen LogP contribution in [0.1, 0.15) is 25.7 Å². The average molecular weight is 238 g/mol. The van der Waals surface area contributed by atoms with E-state index in [0.29, 0.717) is 0 Å². The first kappa shape index (κ1) is 11.8. The molecule has 0 saturated heterocycles. The zero-order valence-corrected chi connectivity index (χ0v) is 10.4. The van der Waals surface area contributed by atoms with Crippen LogP contribution >= 0.6 is 11.8 Å². The Hall–Kier alpha value is -0.670. The summed E-state index contributed by atoms with van der Waals surface area (Å²) in [6, 6.07) is 8.02. The van der Waals surface area contributed by atoms with Gasteiger partial charge in [0.15, 0.2) is 0 Å². The SMILES string of the molecule is CSc1ccccc1O[C@@H]1CCCC[C@H]1O. The molecular weight excluding hydrogens is 220 g/mol. The molecule has 1 aliphatic rings. The molecule has 1 fully saturated rings. The fourth-order valence-electron chi connectivity index (χ4n) is 2.09. The van der Waals surface area contributed by atoms with Crippen molar-refractivity contribution < 1.29 is 9.84 Å². The molecule has 1 aromatic rings. The third-order valence-corrected chi connectivity index (χ3v) is 3.79. The summed E-state index contributed by atoms with van der Waals surface area (Å²) in [7, 11) is 0. The molecule has 2 rings (SSSR count). The highest BCUT2D eigenvalue weighted by Gasteiger charge is 2.25. The fourth-order valence-corrected chi connectivity index (χ4v) is 2.63. The maximum atomic E-state index is 9.86. The summed E-state index contributed by atoms with van der Waals surface area (Å²) < 4.78 is 5.92. The molecule has 0 aromatic heterocycles. The summed E-state index contributed by atoms with van der Waals surface area (Å²) >= 11 is 1.68. The molecule has 0 amide bonds. The zero-order chi connectivity index (χ0) is 11.4. The van der Waals surface area contributed by atoms with Crippen molar-refractivity contribution >= 4 is 11.8 Å². The van der Waals surface area contributed by atoms with Crippen molar-refractivity contribution in [2.75, 3.05) is 6.26 Å². The predicted octanol–water partition coefficient (Wildman–Crippen LogP) is 3.09. The second kappa shape index (κ2) is 5.60. The Morgan fingerprint density at radius 1 is 1.25 bits per heavy atom. The van der Waals surface area contributed by atoms with Gasteiger partial charge in [-0.2, -0.15) is 0 Å². The Bertz CT molecular complexity index is 340. The van der Waals surface area contributed by atoms with Crippen molar-refractivity contribution in [3.63, 3.8) is 0 Å². The van der Waals surface area contributed by atoms with Crippen LogP contribution in [0, 0.1) is 0 Å². The average Bonchev–Trinajstić information content (AvgIpc) is 2.33. The number of hydrogen-bond acceptors (Lipinski definition) is 3. The van der Waals surface area contributed by atoms with Crippen LogP contribution in [0.25, 0.3) is 0 Å². The first-order valence-corrected chi connectivity index (χ1v) is 7.01. The van der Waals surface area contributed by atoms with Gasteiger partial charge in [0.1, 0.15) is 11.9 Å². The van der Waals surface area contributed by atoms with E-state index in [2.05, 4.69) is 6.07 Å². The molecule has 16 heavy (non-hydrogen) atoms.